The van der Waals surface area contributed by atoms with Crippen molar-refractivity contribution in [1.29, 1.82) is 0 Å². The van der Waals surface area contributed by atoms with Crippen molar-refractivity contribution in [3.05, 3.63) is 0 Å². The van der Waals surface area contributed by atoms with Crippen LogP contribution in [0, 0.1) is 0 Å². The van der Waals surface area contributed by atoms with Crippen molar-refractivity contribution in [2.45, 2.75) is 37.9 Å². The number of hydrogen-bond donors (Lipinski definition) is 2. The monoisotopic (exact) mass is 280 g/mol. The molecule has 0 bridgehead atoms. The number of amides is 3. The number of halogens is 1. The number of thioether (sulfide) groups is 1. The number of carbonyl (C=O) groups is 2. The van der Waals surface area contributed by atoms with E-state index in [-0.39, 0.29) is 23.0 Å². The van der Waals surface area contributed by atoms with Gasteiger partial charge in [0.2, 0.25) is 5.91 Å². The molecule has 0 heterocycles. The average Bonchev–Trinajstić information content (AvgIpc) is 2.32. The van der Waals surface area contributed by atoms with E-state index in [1.165, 1.54) is 0 Å². The topological polar surface area (TPSA) is 58.2 Å². The summed E-state index contributed by atoms with van der Waals surface area (Å²) in [5.41, 5.74) is 0. The number of rotatable bonds is 7. The summed E-state index contributed by atoms with van der Waals surface area (Å²) in [4.78, 5) is 22.6. The number of alkyl halides is 1. The molecule has 0 atom stereocenters. The molecule has 0 radical (unpaired) electrons. The second-order valence-electron chi connectivity index (χ2n) is 3.76. The van der Waals surface area contributed by atoms with E-state index in [0.717, 1.165) is 12.8 Å². The molecule has 100 valence electrons. The molecular formula is C11H21ClN2O2S. The van der Waals surface area contributed by atoms with E-state index in [1.54, 1.807) is 11.8 Å². The fraction of sp³-hybridized carbons (Fsp3) is 0.818. The molecule has 4 nitrogen and oxygen atoms in total. The van der Waals surface area contributed by atoms with Gasteiger partial charge in [-0.05, 0) is 19.1 Å². The van der Waals surface area contributed by atoms with Gasteiger partial charge in [0.15, 0.2) is 0 Å². The largest absolute Gasteiger partial charge is 0.336 e. The summed E-state index contributed by atoms with van der Waals surface area (Å²) in [6.07, 6.45) is 4.14. The van der Waals surface area contributed by atoms with Gasteiger partial charge in [0.1, 0.15) is 0 Å². The summed E-state index contributed by atoms with van der Waals surface area (Å²) < 4.78 is 0.0485. The molecule has 3 amide bonds. The molecule has 2 N–H and O–H groups in total. The van der Waals surface area contributed by atoms with E-state index < -0.39 is 6.03 Å². The Morgan fingerprint density at radius 3 is 2.29 bits per heavy atom. The van der Waals surface area contributed by atoms with Crippen LogP contribution in [-0.2, 0) is 4.79 Å². The summed E-state index contributed by atoms with van der Waals surface area (Å²) in [5, 5.41) is 4.97. The molecule has 17 heavy (non-hydrogen) atoms. The van der Waals surface area contributed by atoms with Gasteiger partial charge in [-0.15, -0.1) is 11.6 Å². The maximum atomic E-state index is 11.4. The Morgan fingerprint density at radius 2 is 1.88 bits per heavy atom. The first-order valence-electron chi connectivity index (χ1n) is 5.72. The van der Waals surface area contributed by atoms with Crippen LogP contribution in [0.4, 0.5) is 4.79 Å². The number of urea groups is 1. The van der Waals surface area contributed by atoms with Gasteiger partial charge >= 0.3 is 6.03 Å². The third-order valence-corrected chi connectivity index (χ3v) is 4.64. The molecule has 0 aromatic heterocycles. The molecular weight excluding hydrogens is 260 g/mol. The highest BCUT2D eigenvalue weighted by Crippen LogP contribution is 2.29. The van der Waals surface area contributed by atoms with Gasteiger partial charge in [-0.3, -0.25) is 10.1 Å². The van der Waals surface area contributed by atoms with Gasteiger partial charge in [-0.2, -0.15) is 11.8 Å². The highest BCUT2D eigenvalue weighted by Gasteiger charge is 2.25. The van der Waals surface area contributed by atoms with E-state index in [0.29, 0.717) is 6.54 Å². The van der Waals surface area contributed by atoms with Crippen molar-refractivity contribution in [1.82, 2.24) is 10.6 Å². The van der Waals surface area contributed by atoms with Gasteiger partial charge in [0.05, 0.1) is 0 Å². The summed E-state index contributed by atoms with van der Waals surface area (Å²) in [6, 6.07) is -0.444. The molecule has 0 unspecified atom stereocenters. The lowest BCUT2D eigenvalue weighted by Gasteiger charge is -2.29. The van der Waals surface area contributed by atoms with Crippen LogP contribution < -0.4 is 10.6 Å². The minimum atomic E-state index is -0.444. The Labute approximate surface area is 112 Å². The lowest BCUT2D eigenvalue weighted by Crippen LogP contribution is -2.46. The van der Waals surface area contributed by atoms with Crippen LogP contribution in [0.5, 0.6) is 0 Å². The van der Waals surface area contributed by atoms with Gasteiger partial charge in [0.25, 0.3) is 0 Å². The Balaban J connectivity index is 4.09. The number of imide groups is 1. The Hall–Kier alpha value is -0.420. The minimum absolute atomic E-state index is 0.0485. The van der Waals surface area contributed by atoms with Crippen LogP contribution in [0.2, 0.25) is 0 Å². The molecule has 0 aliphatic heterocycles. The molecule has 0 spiro atoms. The first kappa shape index (κ1) is 16.6. The first-order valence-corrected chi connectivity index (χ1v) is 7.48. The second-order valence-corrected chi connectivity index (χ2v) is 5.42. The van der Waals surface area contributed by atoms with Crippen molar-refractivity contribution in [3.8, 4) is 0 Å². The normalized spacial score (nSPS) is 11.1. The number of nitrogens with one attached hydrogen (secondary N) is 2. The van der Waals surface area contributed by atoms with E-state index in [2.05, 4.69) is 24.5 Å². The predicted molar refractivity (Wildman–Crippen MR) is 73.7 cm³/mol. The van der Waals surface area contributed by atoms with E-state index in [9.17, 15) is 9.59 Å². The highest BCUT2D eigenvalue weighted by molar-refractivity contribution is 8.00. The zero-order valence-corrected chi connectivity index (χ0v) is 12.2. The Bertz CT molecular complexity index is 250. The summed E-state index contributed by atoms with van der Waals surface area (Å²) in [5.74, 6) is -0.127. The van der Waals surface area contributed by atoms with Crippen LogP contribution in [-0.4, -0.2) is 35.4 Å². The van der Waals surface area contributed by atoms with E-state index in [1.807, 2.05) is 6.26 Å². The smallest absolute Gasteiger partial charge is 0.321 e. The second kappa shape index (κ2) is 8.64. The van der Waals surface area contributed by atoms with Gasteiger partial charge in [-0.25, -0.2) is 4.79 Å². The maximum Gasteiger partial charge on any atom is 0.321 e. The zero-order valence-electron chi connectivity index (χ0n) is 10.6. The van der Waals surface area contributed by atoms with Crippen molar-refractivity contribution in [2.24, 2.45) is 0 Å². The molecule has 0 saturated carbocycles. The Morgan fingerprint density at radius 1 is 1.29 bits per heavy atom. The first-order chi connectivity index (χ1) is 8.03. The van der Waals surface area contributed by atoms with Gasteiger partial charge < -0.3 is 5.32 Å². The molecule has 0 aromatic rings. The van der Waals surface area contributed by atoms with Gasteiger partial charge in [0, 0.05) is 23.6 Å². The SMILES string of the molecule is CCC(CC)(CNC(=O)NC(=O)CCCl)SC. The Kier molecular flexibility index (Phi) is 8.43. The summed E-state index contributed by atoms with van der Waals surface area (Å²) in [6.45, 7) is 4.75. The fourth-order valence-electron chi connectivity index (χ4n) is 1.42. The molecule has 0 aliphatic carbocycles. The van der Waals surface area contributed by atoms with Crippen molar-refractivity contribution in [2.75, 3.05) is 18.7 Å². The van der Waals surface area contributed by atoms with E-state index in [4.69, 9.17) is 11.6 Å². The molecule has 0 fully saturated rings. The van der Waals surface area contributed by atoms with Crippen LogP contribution in [0.3, 0.4) is 0 Å². The van der Waals surface area contributed by atoms with Crippen LogP contribution >= 0.6 is 23.4 Å². The molecule has 0 rings (SSSR count). The average molecular weight is 281 g/mol. The summed E-state index contributed by atoms with van der Waals surface area (Å²) >= 11 is 7.14. The standard InChI is InChI=1S/C11H21ClN2O2S/c1-4-11(5-2,17-3)8-13-10(16)14-9(15)6-7-12/h4-8H2,1-3H3,(H2,13,14,15,16). The van der Waals surface area contributed by atoms with Crippen LogP contribution in [0.1, 0.15) is 33.1 Å². The third-order valence-electron chi connectivity index (χ3n) is 2.87. The summed E-state index contributed by atoms with van der Waals surface area (Å²) in [7, 11) is 0. The fourth-order valence-corrected chi connectivity index (χ4v) is 2.39. The van der Waals surface area contributed by atoms with Crippen molar-refractivity contribution in [3.63, 3.8) is 0 Å². The van der Waals surface area contributed by atoms with Crippen molar-refractivity contribution >= 4 is 35.3 Å². The lowest BCUT2D eigenvalue weighted by atomic mass is 10.0. The molecule has 6 heteroatoms. The lowest BCUT2D eigenvalue weighted by molar-refractivity contribution is -0.119. The molecule has 0 aliphatic rings. The van der Waals surface area contributed by atoms with Gasteiger partial charge in [-0.1, -0.05) is 13.8 Å². The third kappa shape index (κ3) is 6.17. The van der Waals surface area contributed by atoms with Crippen LogP contribution in [0.25, 0.3) is 0 Å². The quantitative estimate of drug-likeness (QED) is 0.704. The minimum Gasteiger partial charge on any atom is -0.336 e. The van der Waals surface area contributed by atoms with Crippen LogP contribution in [0.15, 0.2) is 0 Å². The number of carbonyl (C=O) groups excluding carboxylic acids is 2. The molecule has 0 saturated heterocycles. The maximum absolute atomic E-state index is 11.4. The van der Waals surface area contributed by atoms with E-state index >= 15 is 0 Å². The zero-order chi connectivity index (χ0) is 13.3. The predicted octanol–water partition coefficient (Wildman–Crippen LogP) is 2.36. The highest BCUT2D eigenvalue weighted by atomic mass is 35.5. The molecule has 0 aromatic carbocycles. The number of hydrogen-bond acceptors (Lipinski definition) is 3. The van der Waals surface area contributed by atoms with Crippen molar-refractivity contribution < 1.29 is 9.59 Å².